The molecule has 4 heteroatoms. The van der Waals surface area contributed by atoms with Crippen molar-refractivity contribution in [3.05, 3.63) is 28.5 Å². The minimum absolute atomic E-state index is 0.438. The van der Waals surface area contributed by atoms with Crippen LogP contribution in [-0.2, 0) is 10.0 Å². The smallest absolute Gasteiger partial charge is 0.185 e. The fourth-order valence-electron chi connectivity index (χ4n) is 1.32. The van der Waals surface area contributed by atoms with Crippen LogP contribution in [0.2, 0.25) is 19.6 Å². The van der Waals surface area contributed by atoms with Crippen molar-refractivity contribution in [2.75, 3.05) is 0 Å². The summed E-state index contributed by atoms with van der Waals surface area (Å²) in [4.78, 5) is 4.19. The Bertz CT molecular complexity index is 416. The largest absolute Gasteiger partial charge is 0.407 e. The van der Waals surface area contributed by atoms with Gasteiger partial charge in [-0.25, -0.2) is 0 Å². The van der Waals surface area contributed by atoms with E-state index in [1.165, 1.54) is 0 Å². The van der Waals surface area contributed by atoms with Crippen LogP contribution in [0.5, 0.6) is 0 Å². The highest BCUT2D eigenvalue weighted by Gasteiger charge is 2.29. The lowest BCUT2D eigenvalue weighted by Crippen LogP contribution is -2.37. The third kappa shape index (κ3) is 4.05. The summed E-state index contributed by atoms with van der Waals surface area (Å²) >= 11 is 3.29. The highest BCUT2D eigenvalue weighted by molar-refractivity contribution is 9.10. The van der Waals surface area contributed by atoms with Crippen LogP contribution in [0.3, 0.4) is 0 Å². The molecular formula is C11H18BrNOSi. The Balaban J connectivity index is 3.25. The minimum Gasteiger partial charge on any atom is -0.407 e. The van der Waals surface area contributed by atoms with Crippen LogP contribution in [0.1, 0.15) is 23.6 Å². The predicted octanol–water partition coefficient (Wildman–Crippen LogP) is 3.93. The van der Waals surface area contributed by atoms with Crippen LogP contribution >= 0.6 is 15.9 Å². The molecule has 0 bridgehead atoms. The van der Waals surface area contributed by atoms with Gasteiger partial charge in [-0.2, -0.15) is 0 Å². The molecule has 1 aromatic heterocycles. The van der Waals surface area contributed by atoms with E-state index in [1.54, 1.807) is 25.3 Å². The van der Waals surface area contributed by atoms with Crippen molar-refractivity contribution in [2.45, 2.75) is 39.0 Å². The zero-order valence-corrected chi connectivity index (χ0v) is 12.1. The third-order valence-corrected chi connectivity index (χ3v) is 3.22. The van der Waals surface area contributed by atoms with E-state index < -0.39 is 20.8 Å². The van der Waals surface area contributed by atoms with Gasteiger partial charge in [-0.1, -0.05) is 0 Å². The van der Waals surface area contributed by atoms with Gasteiger partial charge in [0.25, 0.3) is 0 Å². The first kappa shape index (κ1) is 8.90. The van der Waals surface area contributed by atoms with E-state index in [-0.39, 0.29) is 0 Å². The summed E-state index contributed by atoms with van der Waals surface area (Å²) < 4.78 is 29.9. The van der Waals surface area contributed by atoms with Gasteiger partial charge in [0.15, 0.2) is 8.32 Å². The van der Waals surface area contributed by atoms with E-state index in [0.717, 1.165) is 4.47 Å². The number of halogens is 1. The van der Waals surface area contributed by atoms with E-state index in [1.807, 2.05) is 19.6 Å². The van der Waals surface area contributed by atoms with Crippen LogP contribution in [0.15, 0.2) is 22.8 Å². The van der Waals surface area contributed by atoms with Gasteiger partial charge in [0.05, 0.1) is 11.3 Å². The van der Waals surface area contributed by atoms with Gasteiger partial charge >= 0.3 is 0 Å². The molecule has 0 aliphatic carbocycles. The van der Waals surface area contributed by atoms with Gasteiger partial charge < -0.3 is 4.43 Å². The van der Waals surface area contributed by atoms with E-state index >= 15 is 0 Å². The predicted molar refractivity (Wildman–Crippen MR) is 69.4 cm³/mol. The Kier molecular flexibility index (Phi) is 2.58. The summed E-state index contributed by atoms with van der Waals surface area (Å²) in [7, 11) is -2.01. The highest BCUT2D eigenvalue weighted by atomic mass is 79.9. The molecule has 2 nitrogen and oxygen atoms in total. The second kappa shape index (κ2) is 4.35. The number of aromatic nitrogens is 1. The van der Waals surface area contributed by atoms with E-state index in [4.69, 9.17) is 8.54 Å². The highest BCUT2D eigenvalue weighted by Crippen LogP contribution is 2.27. The first-order chi connectivity index (χ1) is 7.96. The normalized spacial score (nSPS) is 19.9. The second-order valence-electron chi connectivity index (χ2n) is 4.61. The Labute approximate surface area is 106 Å². The van der Waals surface area contributed by atoms with Crippen molar-refractivity contribution in [1.82, 2.24) is 4.98 Å². The summed E-state index contributed by atoms with van der Waals surface area (Å²) in [6, 6.07) is 3.47. The van der Waals surface area contributed by atoms with Crippen molar-refractivity contribution >= 4 is 24.2 Å². The molecule has 1 aromatic rings. The number of nitrogens with zero attached hydrogens (tertiary/aromatic N) is 1. The lowest BCUT2D eigenvalue weighted by molar-refractivity contribution is 0.0951. The van der Waals surface area contributed by atoms with Crippen molar-refractivity contribution in [3.8, 4) is 0 Å². The molecule has 0 N–H and O–H groups in total. The van der Waals surface area contributed by atoms with Crippen molar-refractivity contribution in [1.29, 1.82) is 0 Å². The maximum atomic E-state index is 7.74. The van der Waals surface area contributed by atoms with Gasteiger partial charge in [0.1, 0.15) is 0 Å². The quantitative estimate of drug-likeness (QED) is 0.787. The fourth-order valence-corrected chi connectivity index (χ4v) is 2.89. The zero-order valence-electron chi connectivity index (χ0n) is 12.5. The molecule has 1 unspecified atom stereocenters. The number of hydrogen-bond acceptors (Lipinski definition) is 2. The molecule has 0 fully saturated rings. The molecule has 0 saturated heterocycles. The number of rotatable bonds is 3. The van der Waals surface area contributed by atoms with Gasteiger partial charge in [0.2, 0.25) is 0 Å². The van der Waals surface area contributed by atoms with Crippen LogP contribution in [0, 0.1) is 0 Å². The summed E-state index contributed by atoms with van der Waals surface area (Å²) in [6.45, 7) is 5.24. The molecule has 0 aliphatic heterocycles. The summed E-state index contributed by atoms with van der Waals surface area (Å²) in [5, 5.41) is 0. The Hall–Kier alpha value is -0.193. The second-order valence-corrected chi connectivity index (χ2v) is 9.95. The lowest BCUT2D eigenvalue weighted by atomic mass is 10.1. The molecule has 84 valence electrons. The molecule has 15 heavy (non-hydrogen) atoms. The topological polar surface area (TPSA) is 22.1 Å². The summed E-state index contributed by atoms with van der Waals surface area (Å²) in [5.74, 6) is 0. The van der Waals surface area contributed by atoms with Gasteiger partial charge in [-0.05, 0) is 61.5 Å². The first-order valence-corrected chi connectivity index (χ1v) is 8.98. The molecule has 0 amide bonds. The maximum absolute atomic E-state index is 7.74. The summed E-state index contributed by atoms with van der Waals surface area (Å²) in [6.07, 6.45) is 1.59. The average Bonchev–Trinajstić information content (AvgIpc) is 2.13. The molecular weight excluding hydrogens is 270 g/mol. The SMILES string of the molecule is [2H]C([2H])([2H])C(C)(O[Si](C)(C)C)c1ccc(Br)cn1. The monoisotopic (exact) mass is 290 g/mol. The summed E-state index contributed by atoms with van der Waals surface area (Å²) in [5.41, 5.74) is -0.925. The molecule has 1 atom stereocenters. The lowest BCUT2D eigenvalue weighted by Gasteiger charge is -2.32. The average molecular weight is 291 g/mol. The van der Waals surface area contributed by atoms with Crippen molar-refractivity contribution < 1.29 is 8.54 Å². The van der Waals surface area contributed by atoms with E-state index in [9.17, 15) is 0 Å². The van der Waals surface area contributed by atoms with Gasteiger partial charge in [0, 0.05) is 14.8 Å². The Morgan fingerprint density at radius 2 is 2.13 bits per heavy atom. The number of hydrogen-bond donors (Lipinski definition) is 0. The van der Waals surface area contributed by atoms with E-state index in [0.29, 0.717) is 5.69 Å². The Morgan fingerprint density at radius 1 is 1.47 bits per heavy atom. The first-order valence-electron chi connectivity index (χ1n) is 6.28. The molecule has 1 heterocycles. The van der Waals surface area contributed by atoms with Crippen LogP contribution in [0.25, 0.3) is 0 Å². The molecule has 0 aromatic carbocycles. The fraction of sp³-hybridized carbons (Fsp3) is 0.545. The van der Waals surface area contributed by atoms with Crippen molar-refractivity contribution in [2.24, 2.45) is 0 Å². The van der Waals surface area contributed by atoms with Gasteiger partial charge in [-0.15, -0.1) is 0 Å². The molecule has 0 aliphatic rings. The maximum Gasteiger partial charge on any atom is 0.185 e. The van der Waals surface area contributed by atoms with Crippen LogP contribution in [0.4, 0.5) is 0 Å². The third-order valence-electron chi connectivity index (χ3n) is 1.73. The number of pyridine rings is 1. The van der Waals surface area contributed by atoms with Crippen LogP contribution < -0.4 is 0 Å². The molecule has 0 spiro atoms. The minimum atomic E-state index is -2.26. The Morgan fingerprint density at radius 3 is 2.53 bits per heavy atom. The van der Waals surface area contributed by atoms with Gasteiger partial charge in [-0.3, -0.25) is 4.98 Å². The van der Waals surface area contributed by atoms with E-state index in [2.05, 4.69) is 20.9 Å². The molecule has 0 radical (unpaired) electrons. The van der Waals surface area contributed by atoms with Crippen molar-refractivity contribution in [3.63, 3.8) is 0 Å². The van der Waals surface area contributed by atoms with Crippen LogP contribution in [-0.4, -0.2) is 13.3 Å². The molecule has 0 saturated carbocycles. The molecule has 1 rings (SSSR count). The zero-order chi connectivity index (χ0) is 14.2. The standard InChI is InChI=1S/C11H18BrNOSi/c1-11(2,14-15(3,4)5)10-7-6-9(12)8-13-10/h6-8H,1-5H3/i1D3.